The SMILES string of the molecule is CCCNc1cc(C(=O)N(CCO)C2CC2)c(Cl)cn1. The Bertz CT molecular complexity index is 477. The Morgan fingerprint density at radius 3 is 2.95 bits per heavy atom. The van der Waals surface area contributed by atoms with Crippen LogP contribution >= 0.6 is 11.6 Å². The van der Waals surface area contributed by atoms with Crippen LogP contribution in [0.25, 0.3) is 0 Å². The number of pyridine rings is 1. The van der Waals surface area contributed by atoms with E-state index in [0.717, 1.165) is 25.8 Å². The monoisotopic (exact) mass is 297 g/mol. The molecule has 1 fully saturated rings. The van der Waals surface area contributed by atoms with Crippen LogP contribution < -0.4 is 5.32 Å². The van der Waals surface area contributed by atoms with Crippen LogP contribution in [0.1, 0.15) is 36.5 Å². The van der Waals surface area contributed by atoms with Crippen molar-refractivity contribution in [2.24, 2.45) is 0 Å². The maximum Gasteiger partial charge on any atom is 0.255 e. The topological polar surface area (TPSA) is 65.5 Å². The lowest BCUT2D eigenvalue weighted by atomic mass is 10.2. The third-order valence-electron chi connectivity index (χ3n) is 3.23. The minimum absolute atomic E-state index is 0.0358. The first-order valence-electron chi connectivity index (χ1n) is 6.98. The van der Waals surface area contributed by atoms with E-state index in [1.165, 1.54) is 6.20 Å². The summed E-state index contributed by atoms with van der Waals surface area (Å²) in [6, 6.07) is 1.93. The van der Waals surface area contributed by atoms with Crippen molar-refractivity contribution in [2.45, 2.75) is 32.2 Å². The van der Waals surface area contributed by atoms with Gasteiger partial charge in [0.1, 0.15) is 5.82 Å². The lowest BCUT2D eigenvalue weighted by molar-refractivity contribution is 0.0708. The van der Waals surface area contributed by atoms with Gasteiger partial charge in [-0.05, 0) is 25.3 Å². The molecule has 20 heavy (non-hydrogen) atoms. The van der Waals surface area contributed by atoms with Gasteiger partial charge in [-0.2, -0.15) is 0 Å². The Morgan fingerprint density at radius 1 is 1.60 bits per heavy atom. The Balaban J connectivity index is 2.18. The first-order valence-corrected chi connectivity index (χ1v) is 7.36. The molecule has 0 bridgehead atoms. The Hall–Kier alpha value is -1.33. The van der Waals surface area contributed by atoms with Gasteiger partial charge in [-0.25, -0.2) is 4.98 Å². The summed E-state index contributed by atoms with van der Waals surface area (Å²) in [6.07, 6.45) is 4.47. The smallest absolute Gasteiger partial charge is 0.255 e. The molecule has 0 spiro atoms. The molecule has 2 rings (SSSR count). The van der Waals surface area contributed by atoms with E-state index < -0.39 is 0 Å². The number of aliphatic hydroxyl groups is 1. The molecule has 0 atom stereocenters. The molecule has 0 unspecified atom stereocenters. The predicted molar refractivity (Wildman–Crippen MR) is 79.2 cm³/mol. The van der Waals surface area contributed by atoms with Crippen molar-refractivity contribution in [1.29, 1.82) is 0 Å². The molecular formula is C14H20ClN3O2. The molecule has 2 N–H and O–H groups in total. The normalized spacial score (nSPS) is 14.2. The van der Waals surface area contributed by atoms with Crippen LogP contribution in [0.4, 0.5) is 5.82 Å². The zero-order valence-corrected chi connectivity index (χ0v) is 12.4. The molecule has 1 heterocycles. The molecular weight excluding hydrogens is 278 g/mol. The molecule has 0 aliphatic heterocycles. The highest BCUT2D eigenvalue weighted by Crippen LogP contribution is 2.29. The molecule has 1 saturated carbocycles. The molecule has 6 heteroatoms. The van der Waals surface area contributed by atoms with Gasteiger partial charge < -0.3 is 15.3 Å². The van der Waals surface area contributed by atoms with E-state index in [1.807, 2.05) is 0 Å². The number of halogens is 1. The minimum atomic E-state index is -0.131. The van der Waals surface area contributed by atoms with Crippen LogP contribution in [0.5, 0.6) is 0 Å². The first-order chi connectivity index (χ1) is 9.67. The van der Waals surface area contributed by atoms with Crippen molar-refractivity contribution in [3.05, 3.63) is 22.8 Å². The second-order valence-corrected chi connectivity index (χ2v) is 5.34. The van der Waals surface area contributed by atoms with E-state index in [2.05, 4.69) is 17.2 Å². The largest absolute Gasteiger partial charge is 0.395 e. The summed E-state index contributed by atoms with van der Waals surface area (Å²) in [5.41, 5.74) is 0.445. The second kappa shape index (κ2) is 6.90. The van der Waals surface area contributed by atoms with Crippen molar-refractivity contribution in [1.82, 2.24) is 9.88 Å². The highest BCUT2D eigenvalue weighted by Gasteiger charge is 2.33. The van der Waals surface area contributed by atoms with Crippen molar-refractivity contribution < 1.29 is 9.90 Å². The number of hydrogen-bond donors (Lipinski definition) is 2. The second-order valence-electron chi connectivity index (χ2n) is 4.93. The molecule has 0 aromatic carbocycles. The fourth-order valence-electron chi connectivity index (χ4n) is 2.05. The number of nitrogens with one attached hydrogen (secondary N) is 1. The van der Waals surface area contributed by atoms with Crippen LogP contribution in [0.3, 0.4) is 0 Å². The Morgan fingerprint density at radius 2 is 2.35 bits per heavy atom. The molecule has 1 amide bonds. The lowest BCUT2D eigenvalue weighted by Gasteiger charge is -2.22. The third kappa shape index (κ3) is 3.61. The maximum atomic E-state index is 12.5. The molecule has 0 radical (unpaired) electrons. The van der Waals surface area contributed by atoms with E-state index in [4.69, 9.17) is 16.7 Å². The van der Waals surface area contributed by atoms with Gasteiger partial charge in [-0.15, -0.1) is 0 Å². The summed E-state index contributed by atoms with van der Waals surface area (Å²) in [5.74, 6) is 0.521. The number of aliphatic hydroxyl groups excluding tert-OH is 1. The van der Waals surface area contributed by atoms with Crippen molar-refractivity contribution in [3.63, 3.8) is 0 Å². The molecule has 110 valence electrons. The summed E-state index contributed by atoms with van der Waals surface area (Å²) < 4.78 is 0. The number of aromatic nitrogens is 1. The quantitative estimate of drug-likeness (QED) is 0.809. The van der Waals surface area contributed by atoms with Gasteiger partial charge in [-0.1, -0.05) is 18.5 Å². The molecule has 1 aromatic heterocycles. The summed E-state index contributed by atoms with van der Waals surface area (Å²) in [4.78, 5) is 18.4. The molecule has 1 aliphatic carbocycles. The van der Waals surface area contributed by atoms with Gasteiger partial charge >= 0.3 is 0 Å². The van der Waals surface area contributed by atoms with Gasteiger partial charge in [0, 0.05) is 25.3 Å². The van der Waals surface area contributed by atoms with Crippen LogP contribution in [0.2, 0.25) is 5.02 Å². The third-order valence-corrected chi connectivity index (χ3v) is 3.53. The summed E-state index contributed by atoms with van der Waals surface area (Å²) in [6.45, 7) is 3.17. The number of rotatable bonds is 7. The standard InChI is InChI=1S/C14H20ClN3O2/c1-2-5-16-13-8-11(12(15)9-17-13)14(20)18(6-7-19)10-3-4-10/h8-10,19H,2-7H2,1H3,(H,16,17). The molecule has 0 saturated heterocycles. The van der Waals surface area contributed by atoms with Crippen LogP contribution in [-0.4, -0.2) is 46.6 Å². The van der Waals surface area contributed by atoms with Gasteiger partial charge in [-0.3, -0.25) is 4.79 Å². The minimum Gasteiger partial charge on any atom is -0.395 e. The molecule has 1 aromatic rings. The van der Waals surface area contributed by atoms with Crippen molar-refractivity contribution >= 4 is 23.3 Å². The van der Waals surface area contributed by atoms with E-state index >= 15 is 0 Å². The average Bonchev–Trinajstić information content (AvgIpc) is 3.27. The zero-order chi connectivity index (χ0) is 14.5. The number of hydrogen-bond acceptors (Lipinski definition) is 4. The van der Waals surface area contributed by atoms with E-state index in [0.29, 0.717) is 22.9 Å². The highest BCUT2D eigenvalue weighted by atomic mass is 35.5. The van der Waals surface area contributed by atoms with Crippen LogP contribution in [0, 0.1) is 0 Å². The fourth-order valence-corrected chi connectivity index (χ4v) is 2.24. The maximum absolute atomic E-state index is 12.5. The van der Waals surface area contributed by atoms with Crippen molar-refractivity contribution in [3.8, 4) is 0 Å². The summed E-state index contributed by atoms with van der Waals surface area (Å²) >= 11 is 6.09. The molecule has 1 aliphatic rings. The number of carbonyl (C=O) groups is 1. The van der Waals surface area contributed by atoms with Crippen LogP contribution in [0.15, 0.2) is 12.3 Å². The summed E-state index contributed by atoms with van der Waals surface area (Å²) in [5, 5.41) is 12.6. The Labute approximate surface area is 123 Å². The highest BCUT2D eigenvalue weighted by molar-refractivity contribution is 6.33. The number of carbonyl (C=O) groups excluding carboxylic acids is 1. The van der Waals surface area contributed by atoms with Gasteiger partial charge in [0.05, 0.1) is 17.2 Å². The van der Waals surface area contributed by atoms with E-state index in [9.17, 15) is 4.79 Å². The van der Waals surface area contributed by atoms with Gasteiger partial charge in [0.25, 0.3) is 5.91 Å². The lowest BCUT2D eigenvalue weighted by Crippen LogP contribution is -2.35. The van der Waals surface area contributed by atoms with Crippen LogP contribution in [-0.2, 0) is 0 Å². The van der Waals surface area contributed by atoms with Gasteiger partial charge in [0.2, 0.25) is 0 Å². The first kappa shape index (κ1) is 15.1. The van der Waals surface area contributed by atoms with Crippen molar-refractivity contribution in [2.75, 3.05) is 25.0 Å². The number of amides is 1. The van der Waals surface area contributed by atoms with E-state index in [1.54, 1.807) is 11.0 Å². The fraction of sp³-hybridized carbons (Fsp3) is 0.571. The summed E-state index contributed by atoms with van der Waals surface area (Å²) in [7, 11) is 0. The number of anilines is 1. The van der Waals surface area contributed by atoms with Gasteiger partial charge in [0.15, 0.2) is 0 Å². The average molecular weight is 298 g/mol. The predicted octanol–water partition coefficient (Wildman–Crippen LogP) is 2.15. The molecule has 5 nitrogen and oxygen atoms in total. The Kier molecular flexibility index (Phi) is 5.20. The number of nitrogens with zero attached hydrogens (tertiary/aromatic N) is 2. The van der Waals surface area contributed by atoms with E-state index in [-0.39, 0.29) is 18.6 Å². The zero-order valence-electron chi connectivity index (χ0n) is 11.6.